The first-order valence-corrected chi connectivity index (χ1v) is 12.1. The molecule has 0 spiro atoms. The van der Waals surface area contributed by atoms with Crippen molar-refractivity contribution in [1.29, 1.82) is 5.26 Å². The zero-order chi connectivity index (χ0) is 23.8. The number of carbonyl (C=O) groups excluding carboxylic acids is 1. The topological polar surface area (TPSA) is 77.5 Å². The van der Waals surface area contributed by atoms with E-state index >= 15 is 0 Å². The summed E-state index contributed by atoms with van der Waals surface area (Å²) in [5, 5.41) is 13.6. The van der Waals surface area contributed by atoms with Crippen molar-refractivity contribution in [3.63, 3.8) is 0 Å². The Morgan fingerprint density at radius 3 is 2.97 bits per heavy atom. The summed E-state index contributed by atoms with van der Waals surface area (Å²) in [7, 11) is 0. The number of benzene rings is 1. The first-order valence-electron chi connectivity index (χ1n) is 11.7. The van der Waals surface area contributed by atoms with Crippen molar-refractivity contribution in [2.24, 2.45) is 5.92 Å². The molecule has 2 fully saturated rings. The number of halogens is 2. The third-order valence-electron chi connectivity index (χ3n) is 6.88. The largest absolute Gasteiger partial charge is 0.356 e. The molecule has 2 aromatic heterocycles. The Morgan fingerprint density at radius 2 is 2.15 bits per heavy atom. The molecule has 3 aromatic rings. The van der Waals surface area contributed by atoms with Gasteiger partial charge in [-0.1, -0.05) is 17.7 Å². The molecule has 0 bridgehead atoms. The van der Waals surface area contributed by atoms with Crippen LogP contribution in [0.3, 0.4) is 0 Å². The molecular weight excluding hydrogens is 455 g/mol. The molecule has 2 atom stereocenters. The fraction of sp³-hybridized carbons (Fsp3) is 0.440. The summed E-state index contributed by atoms with van der Waals surface area (Å²) >= 11 is 6.12. The maximum atomic E-state index is 14.0. The molecule has 2 aliphatic rings. The van der Waals surface area contributed by atoms with E-state index < -0.39 is 5.82 Å². The number of aromatic nitrogens is 3. The number of anilines is 1. The first-order chi connectivity index (χ1) is 16.5. The minimum atomic E-state index is -0.597. The Kier molecular flexibility index (Phi) is 6.13. The molecule has 5 rings (SSSR count). The van der Waals surface area contributed by atoms with Crippen molar-refractivity contribution >= 4 is 29.0 Å². The predicted octanol–water partition coefficient (Wildman–Crippen LogP) is 4.94. The Balaban J connectivity index is 1.45. The van der Waals surface area contributed by atoms with E-state index in [9.17, 15) is 9.18 Å². The van der Waals surface area contributed by atoms with Gasteiger partial charge < -0.3 is 9.80 Å². The second-order valence-corrected chi connectivity index (χ2v) is 9.57. The van der Waals surface area contributed by atoms with Gasteiger partial charge in [0, 0.05) is 43.9 Å². The van der Waals surface area contributed by atoms with Crippen LogP contribution in [0.5, 0.6) is 0 Å². The smallest absolute Gasteiger partial charge is 0.256 e. The molecule has 0 radical (unpaired) electrons. The summed E-state index contributed by atoms with van der Waals surface area (Å²) in [6, 6.07) is 8.31. The third kappa shape index (κ3) is 4.09. The average molecular weight is 481 g/mol. The molecule has 1 aromatic carbocycles. The van der Waals surface area contributed by atoms with Gasteiger partial charge in [0.25, 0.3) is 5.91 Å². The molecule has 2 aliphatic heterocycles. The molecule has 0 saturated carbocycles. The van der Waals surface area contributed by atoms with Crippen LogP contribution in [0.1, 0.15) is 59.8 Å². The summed E-state index contributed by atoms with van der Waals surface area (Å²) in [6.07, 6.45) is 6.16. The lowest BCUT2D eigenvalue weighted by Crippen LogP contribution is -2.39. The standard InChI is InChI=1S/C25H26ClFN6O/c1-16-14-33-22(29-24(16)31-12-9-17(15-31)8-10-28)13-20(30-33)21-7-2-3-11-32(21)25(34)18-5-4-6-19(27)23(18)26/h4-6,13-14,17,21H,2-3,7-9,11-12,15H2,1H3/t17-,21-/m0/s1. The fourth-order valence-corrected chi connectivity index (χ4v) is 5.34. The fourth-order valence-electron chi connectivity index (χ4n) is 5.13. The van der Waals surface area contributed by atoms with Gasteiger partial charge in [0.2, 0.25) is 0 Å². The zero-order valence-corrected chi connectivity index (χ0v) is 19.8. The van der Waals surface area contributed by atoms with Crippen LogP contribution in [0.15, 0.2) is 30.5 Å². The number of aryl methyl sites for hydroxylation is 1. The van der Waals surface area contributed by atoms with Gasteiger partial charge in [-0.3, -0.25) is 4.79 Å². The van der Waals surface area contributed by atoms with Crippen molar-refractivity contribution in [1.82, 2.24) is 19.5 Å². The summed E-state index contributed by atoms with van der Waals surface area (Å²) < 4.78 is 15.8. The summed E-state index contributed by atoms with van der Waals surface area (Å²) in [4.78, 5) is 22.2. The molecule has 34 heavy (non-hydrogen) atoms. The van der Waals surface area contributed by atoms with Gasteiger partial charge in [-0.25, -0.2) is 13.9 Å². The van der Waals surface area contributed by atoms with E-state index in [2.05, 4.69) is 11.0 Å². The number of nitriles is 1. The number of amides is 1. The van der Waals surface area contributed by atoms with Gasteiger partial charge in [0.05, 0.1) is 28.4 Å². The van der Waals surface area contributed by atoms with Gasteiger partial charge in [0.1, 0.15) is 11.6 Å². The number of piperidine rings is 1. The van der Waals surface area contributed by atoms with Crippen LogP contribution < -0.4 is 4.90 Å². The highest BCUT2D eigenvalue weighted by Gasteiger charge is 2.32. The summed E-state index contributed by atoms with van der Waals surface area (Å²) in [6.45, 7) is 4.30. The molecule has 0 aliphatic carbocycles. The number of rotatable bonds is 4. The minimum absolute atomic E-state index is 0.144. The van der Waals surface area contributed by atoms with Crippen LogP contribution in [0.4, 0.5) is 10.2 Å². The Labute approximate surface area is 202 Å². The normalized spacial score (nSPS) is 20.6. The highest BCUT2D eigenvalue weighted by molar-refractivity contribution is 6.34. The third-order valence-corrected chi connectivity index (χ3v) is 7.26. The van der Waals surface area contributed by atoms with E-state index in [1.807, 2.05) is 19.2 Å². The lowest BCUT2D eigenvalue weighted by Gasteiger charge is -2.35. The number of hydrogen-bond acceptors (Lipinski definition) is 5. The Bertz CT molecular complexity index is 1280. The van der Waals surface area contributed by atoms with E-state index in [4.69, 9.17) is 26.9 Å². The summed E-state index contributed by atoms with van der Waals surface area (Å²) in [5.74, 6) is 0.415. The lowest BCUT2D eigenvalue weighted by molar-refractivity contribution is 0.0605. The molecule has 176 valence electrons. The van der Waals surface area contributed by atoms with Gasteiger partial charge >= 0.3 is 0 Å². The predicted molar refractivity (Wildman–Crippen MR) is 127 cm³/mol. The molecule has 7 nitrogen and oxygen atoms in total. The molecule has 0 unspecified atom stereocenters. The molecule has 2 saturated heterocycles. The van der Waals surface area contributed by atoms with E-state index in [0.717, 1.165) is 61.5 Å². The monoisotopic (exact) mass is 480 g/mol. The van der Waals surface area contributed by atoms with Crippen molar-refractivity contribution in [3.05, 3.63) is 58.1 Å². The van der Waals surface area contributed by atoms with Crippen LogP contribution in [0.2, 0.25) is 5.02 Å². The second kappa shape index (κ2) is 9.22. The number of carbonyl (C=O) groups is 1. The van der Waals surface area contributed by atoms with E-state index in [1.54, 1.807) is 15.5 Å². The highest BCUT2D eigenvalue weighted by atomic mass is 35.5. The number of nitrogens with zero attached hydrogens (tertiary/aromatic N) is 6. The van der Waals surface area contributed by atoms with Crippen molar-refractivity contribution in [3.8, 4) is 6.07 Å². The Hall–Kier alpha value is -3.18. The minimum Gasteiger partial charge on any atom is -0.356 e. The maximum Gasteiger partial charge on any atom is 0.256 e. The number of fused-ring (bicyclic) bond motifs is 1. The molecule has 4 heterocycles. The van der Waals surface area contributed by atoms with Crippen molar-refractivity contribution in [2.75, 3.05) is 24.5 Å². The van der Waals surface area contributed by atoms with E-state index in [0.29, 0.717) is 18.9 Å². The van der Waals surface area contributed by atoms with E-state index in [-0.39, 0.29) is 22.5 Å². The lowest BCUT2D eigenvalue weighted by atomic mass is 9.98. The van der Waals surface area contributed by atoms with Gasteiger partial charge in [0.15, 0.2) is 5.65 Å². The maximum absolute atomic E-state index is 14.0. The average Bonchev–Trinajstić information content (AvgIpc) is 3.47. The summed E-state index contributed by atoms with van der Waals surface area (Å²) in [5.41, 5.74) is 2.69. The van der Waals surface area contributed by atoms with Gasteiger partial charge in [-0.15, -0.1) is 0 Å². The molecule has 9 heteroatoms. The van der Waals surface area contributed by atoms with Gasteiger partial charge in [-0.05, 0) is 50.7 Å². The first kappa shape index (κ1) is 22.6. The van der Waals surface area contributed by atoms with Crippen LogP contribution in [0, 0.1) is 30.0 Å². The van der Waals surface area contributed by atoms with Gasteiger partial charge in [-0.2, -0.15) is 10.4 Å². The quantitative estimate of drug-likeness (QED) is 0.528. The number of likely N-dealkylation sites (tertiary alicyclic amines) is 1. The number of hydrogen-bond donors (Lipinski definition) is 0. The zero-order valence-electron chi connectivity index (χ0n) is 19.0. The molecule has 0 N–H and O–H groups in total. The van der Waals surface area contributed by atoms with Crippen LogP contribution >= 0.6 is 11.6 Å². The van der Waals surface area contributed by atoms with Crippen LogP contribution in [-0.2, 0) is 0 Å². The van der Waals surface area contributed by atoms with Crippen LogP contribution in [0.25, 0.3) is 5.65 Å². The molecular formula is C25H26ClFN6O. The highest BCUT2D eigenvalue weighted by Crippen LogP contribution is 2.34. The second-order valence-electron chi connectivity index (χ2n) is 9.19. The van der Waals surface area contributed by atoms with E-state index in [1.165, 1.54) is 12.1 Å². The van der Waals surface area contributed by atoms with Crippen LogP contribution in [-0.4, -0.2) is 45.0 Å². The van der Waals surface area contributed by atoms with Crippen molar-refractivity contribution in [2.45, 2.75) is 45.1 Å². The van der Waals surface area contributed by atoms with Crippen molar-refractivity contribution < 1.29 is 9.18 Å². The Morgan fingerprint density at radius 1 is 1.29 bits per heavy atom. The molecule has 1 amide bonds. The SMILES string of the molecule is Cc1cn2nc([C@@H]3CCCCN3C(=O)c3cccc(F)c3Cl)cc2nc1N1CC[C@H](CC#N)C1.